The summed E-state index contributed by atoms with van der Waals surface area (Å²) in [5.41, 5.74) is 2.33. The maximum absolute atomic E-state index is 12.9. The normalized spacial score (nSPS) is 12.9. The number of nitrogens with zero attached hydrogens (tertiary/aromatic N) is 1. The molecule has 0 radical (unpaired) electrons. The molecule has 0 bridgehead atoms. The molecule has 1 aromatic heterocycles. The van der Waals surface area contributed by atoms with Crippen molar-refractivity contribution in [3.8, 4) is 0 Å². The maximum Gasteiger partial charge on any atom is 0.357 e. The Morgan fingerprint density at radius 3 is 2.61 bits per heavy atom. The summed E-state index contributed by atoms with van der Waals surface area (Å²) in [5, 5.41) is 3.05. The minimum Gasteiger partial charge on any atom is -0.461 e. The van der Waals surface area contributed by atoms with E-state index in [0.29, 0.717) is 11.3 Å². The number of allylic oxidation sites excluding steroid dienone is 3. The summed E-state index contributed by atoms with van der Waals surface area (Å²) in [6, 6.07) is 8.78. The van der Waals surface area contributed by atoms with Gasteiger partial charge in [0.2, 0.25) is 0 Å². The summed E-state index contributed by atoms with van der Waals surface area (Å²) in [4.78, 5) is 42.1. The van der Waals surface area contributed by atoms with Crippen LogP contribution in [0.1, 0.15) is 50.1 Å². The molecule has 0 saturated carbocycles. The van der Waals surface area contributed by atoms with E-state index < -0.39 is 5.97 Å². The van der Waals surface area contributed by atoms with Gasteiger partial charge in [-0.2, -0.15) is 0 Å². The van der Waals surface area contributed by atoms with E-state index in [4.69, 9.17) is 4.74 Å². The Bertz CT molecular complexity index is 1000. The Labute approximate surface area is 162 Å². The number of Topliss-reactive ketones (excluding diaryl/α,β-unsaturated/α-hetero) is 1. The first-order chi connectivity index (χ1) is 13.4. The zero-order valence-corrected chi connectivity index (χ0v) is 15.7. The molecule has 0 aliphatic heterocycles. The molecule has 0 fully saturated rings. The number of ether oxygens (including phenoxy) is 1. The van der Waals surface area contributed by atoms with E-state index in [1.165, 1.54) is 12.1 Å². The minimum absolute atomic E-state index is 0.0313. The molecule has 6 heteroatoms. The van der Waals surface area contributed by atoms with Gasteiger partial charge in [0.15, 0.2) is 17.3 Å². The van der Waals surface area contributed by atoms with Gasteiger partial charge in [-0.15, -0.1) is 6.58 Å². The monoisotopic (exact) mass is 376 g/mol. The molecule has 142 valence electrons. The number of pyridine rings is 1. The van der Waals surface area contributed by atoms with Crippen LogP contribution in [0.5, 0.6) is 0 Å². The van der Waals surface area contributed by atoms with Crippen LogP contribution < -0.4 is 5.32 Å². The summed E-state index contributed by atoms with van der Waals surface area (Å²) in [7, 11) is 0. The fourth-order valence-electron chi connectivity index (χ4n) is 2.92. The quantitative estimate of drug-likeness (QED) is 0.601. The average Bonchev–Trinajstić information content (AvgIpc) is 2.67. The number of aryl methyl sites for hydroxylation is 1. The number of ketones is 2. The second-order valence-corrected chi connectivity index (χ2v) is 6.35. The zero-order valence-electron chi connectivity index (χ0n) is 15.7. The molecule has 6 nitrogen and oxygen atoms in total. The lowest BCUT2D eigenvalue weighted by Gasteiger charge is -2.19. The van der Waals surface area contributed by atoms with Gasteiger partial charge in [-0.3, -0.25) is 9.59 Å². The van der Waals surface area contributed by atoms with Crippen molar-refractivity contribution in [1.29, 1.82) is 0 Å². The van der Waals surface area contributed by atoms with Crippen molar-refractivity contribution in [2.45, 2.75) is 20.3 Å². The molecule has 1 aliphatic carbocycles. The van der Waals surface area contributed by atoms with Gasteiger partial charge in [-0.05, 0) is 44.5 Å². The topological polar surface area (TPSA) is 85.4 Å². The Kier molecular flexibility index (Phi) is 5.49. The number of fused-ring (bicyclic) bond motifs is 1. The average molecular weight is 376 g/mol. The van der Waals surface area contributed by atoms with Gasteiger partial charge >= 0.3 is 5.97 Å². The van der Waals surface area contributed by atoms with Crippen molar-refractivity contribution in [3.05, 3.63) is 77.0 Å². The molecule has 1 N–H and O–H groups in total. The number of anilines is 2. The zero-order chi connectivity index (χ0) is 20.3. The lowest BCUT2D eigenvalue weighted by molar-refractivity contribution is 0.0519. The number of carbonyl (C=O) groups excluding carboxylic acids is 3. The van der Waals surface area contributed by atoms with Gasteiger partial charge in [0.1, 0.15) is 5.82 Å². The molecule has 28 heavy (non-hydrogen) atoms. The molecular weight excluding hydrogens is 356 g/mol. The van der Waals surface area contributed by atoms with Gasteiger partial charge < -0.3 is 10.1 Å². The van der Waals surface area contributed by atoms with Crippen LogP contribution in [0.4, 0.5) is 11.5 Å². The van der Waals surface area contributed by atoms with E-state index in [-0.39, 0.29) is 47.2 Å². The number of esters is 1. The fourth-order valence-corrected chi connectivity index (χ4v) is 2.92. The first-order valence-electron chi connectivity index (χ1n) is 8.91. The van der Waals surface area contributed by atoms with Gasteiger partial charge in [0.05, 0.1) is 12.2 Å². The molecular formula is C22H20N2O4. The highest BCUT2D eigenvalue weighted by molar-refractivity contribution is 6.26. The highest BCUT2D eigenvalue weighted by atomic mass is 16.5. The summed E-state index contributed by atoms with van der Waals surface area (Å²) in [6.07, 6.45) is 3.13. The lowest BCUT2D eigenvalue weighted by Crippen LogP contribution is -2.21. The molecule has 0 amide bonds. The van der Waals surface area contributed by atoms with Crippen LogP contribution in [0, 0.1) is 6.92 Å². The maximum atomic E-state index is 12.9. The number of aromatic nitrogens is 1. The highest BCUT2D eigenvalue weighted by Crippen LogP contribution is 2.30. The third kappa shape index (κ3) is 3.76. The summed E-state index contributed by atoms with van der Waals surface area (Å²) >= 11 is 0. The molecule has 3 rings (SSSR count). The Balaban J connectivity index is 2.14. The summed E-state index contributed by atoms with van der Waals surface area (Å²) in [6.45, 7) is 7.43. The fraction of sp³-hybridized carbons (Fsp3) is 0.182. The Morgan fingerprint density at radius 1 is 1.25 bits per heavy atom. The Morgan fingerprint density at radius 2 is 1.96 bits per heavy atom. The second-order valence-electron chi connectivity index (χ2n) is 6.35. The minimum atomic E-state index is -0.655. The van der Waals surface area contributed by atoms with E-state index in [9.17, 15) is 14.4 Å². The van der Waals surface area contributed by atoms with E-state index in [1.807, 2.05) is 31.2 Å². The summed E-state index contributed by atoms with van der Waals surface area (Å²) < 4.78 is 5.02. The molecule has 1 aliphatic rings. The van der Waals surface area contributed by atoms with Crippen molar-refractivity contribution in [2.24, 2.45) is 0 Å². The lowest BCUT2D eigenvalue weighted by atomic mass is 9.88. The van der Waals surface area contributed by atoms with Gasteiger partial charge in [-0.1, -0.05) is 23.8 Å². The first-order valence-corrected chi connectivity index (χ1v) is 8.91. The standard InChI is InChI=1S/C22H20N2O4/c1-4-6-14-11-18(25)19-16(20(14)26)12-17(22(27)28-5-2)24-21(19)23-15-9-7-13(3)8-10-15/h4,7-12H,1,5-6H2,2-3H3,(H,23,24). The van der Waals surface area contributed by atoms with Crippen LogP contribution in [-0.2, 0) is 4.74 Å². The largest absolute Gasteiger partial charge is 0.461 e. The van der Waals surface area contributed by atoms with Crippen LogP contribution in [-0.4, -0.2) is 29.1 Å². The van der Waals surface area contributed by atoms with E-state index in [0.717, 1.165) is 5.56 Å². The predicted octanol–water partition coefficient (Wildman–Crippen LogP) is 4.19. The number of hydrogen-bond acceptors (Lipinski definition) is 6. The first kappa shape index (κ1) is 19.2. The van der Waals surface area contributed by atoms with Crippen LogP contribution >= 0.6 is 0 Å². The van der Waals surface area contributed by atoms with Crippen molar-refractivity contribution >= 4 is 29.0 Å². The molecule has 0 saturated heterocycles. The van der Waals surface area contributed by atoms with Crippen molar-refractivity contribution in [1.82, 2.24) is 4.98 Å². The highest BCUT2D eigenvalue weighted by Gasteiger charge is 2.30. The van der Waals surface area contributed by atoms with Gasteiger partial charge in [0, 0.05) is 16.8 Å². The molecule has 0 unspecified atom stereocenters. The van der Waals surface area contributed by atoms with E-state index in [1.54, 1.807) is 13.0 Å². The van der Waals surface area contributed by atoms with Crippen LogP contribution in [0.25, 0.3) is 0 Å². The van der Waals surface area contributed by atoms with Crippen LogP contribution in [0.2, 0.25) is 0 Å². The molecule has 2 aromatic rings. The molecule has 0 spiro atoms. The third-order valence-electron chi connectivity index (χ3n) is 4.27. The molecule has 1 heterocycles. The number of hydrogen-bond donors (Lipinski definition) is 1. The van der Waals surface area contributed by atoms with Crippen molar-refractivity contribution in [3.63, 3.8) is 0 Å². The Hall–Kier alpha value is -3.54. The third-order valence-corrected chi connectivity index (χ3v) is 4.27. The predicted molar refractivity (Wildman–Crippen MR) is 106 cm³/mol. The van der Waals surface area contributed by atoms with Gasteiger partial charge in [-0.25, -0.2) is 9.78 Å². The van der Waals surface area contributed by atoms with Crippen molar-refractivity contribution in [2.75, 3.05) is 11.9 Å². The number of rotatable bonds is 6. The molecule has 0 atom stereocenters. The number of nitrogens with one attached hydrogen (secondary N) is 1. The molecule has 1 aromatic carbocycles. The number of benzene rings is 1. The smallest absolute Gasteiger partial charge is 0.357 e. The summed E-state index contributed by atoms with van der Waals surface area (Å²) in [5.74, 6) is -1.17. The SMILES string of the molecule is C=CCC1=CC(=O)c2c(cc(C(=O)OCC)nc2Nc2ccc(C)cc2)C1=O. The van der Waals surface area contributed by atoms with Crippen LogP contribution in [0.3, 0.4) is 0 Å². The van der Waals surface area contributed by atoms with E-state index >= 15 is 0 Å². The number of carbonyl (C=O) groups is 3. The van der Waals surface area contributed by atoms with E-state index in [2.05, 4.69) is 16.9 Å². The van der Waals surface area contributed by atoms with Crippen molar-refractivity contribution < 1.29 is 19.1 Å². The second kappa shape index (κ2) is 8.00. The van der Waals surface area contributed by atoms with Gasteiger partial charge in [0.25, 0.3) is 0 Å². The van der Waals surface area contributed by atoms with Crippen LogP contribution in [0.15, 0.2) is 54.6 Å².